The topological polar surface area (TPSA) is 96.0 Å². The van der Waals surface area contributed by atoms with Crippen LogP contribution in [0.3, 0.4) is 0 Å². The minimum atomic E-state index is -0.469. The Morgan fingerprint density at radius 1 is 1.38 bits per heavy atom. The molecule has 2 heterocycles. The quantitative estimate of drug-likeness (QED) is 0.789. The lowest BCUT2D eigenvalue weighted by Crippen LogP contribution is -2.31. The highest BCUT2D eigenvalue weighted by atomic mass is 32.1. The molecule has 0 spiro atoms. The van der Waals surface area contributed by atoms with E-state index in [4.69, 9.17) is 0 Å². The molecule has 0 saturated carbocycles. The Labute approximate surface area is 141 Å². The van der Waals surface area contributed by atoms with E-state index in [0.717, 1.165) is 10.0 Å². The normalized spacial score (nSPS) is 13.2. The molecule has 126 valence electrons. The summed E-state index contributed by atoms with van der Waals surface area (Å²) in [5.74, 6) is -0.603. The van der Waals surface area contributed by atoms with Gasteiger partial charge in [0.05, 0.1) is 11.4 Å². The molecule has 9 heteroatoms. The van der Waals surface area contributed by atoms with Gasteiger partial charge in [0, 0.05) is 19.4 Å². The molecule has 1 aromatic carbocycles. The van der Waals surface area contributed by atoms with E-state index in [1.807, 2.05) is 6.92 Å². The van der Waals surface area contributed by atoms with Gasteiger partial charge in [-0.05, 0) is 31.0 Å². The average molecular weight is 349 g/mol. The van der Waals surface area contributed by atoms with E-state index in [2.05, 4.69) is 26.1 Å². The fourth-order valence-corrected chi connectivity index (χ4v) is 3.15. The average Bonchev–Trinajstić information content (AvgIpc) is 2.93. The van der Waals surface area contributed by atoms with Crippen molar-refractivity contribution in [2.45, 2.75) is 26.2 Å². The molecule has 0 bridgehead atoms. The Bertz CT molecular complexity index is 792. The summed E-state index contributed by atoms with van der Waals surface area (Å²) in [6.07, 6.45) is 1.33. The van der Waals surface area contributed by atoms with Crippen LogP contribution in [0.1, 0.15) is 22.0 Å². The number of benzene rings is 1. The zero-order valence-corrected chi connectivity index (χ0v) is 13.8. The number of nitrogens with zero attached hydrogens (tertiary/aromatic N) is 2. The van der Waals surface area contributed by atoms with Crippen molar-refractivity contribution in [1.82, 2.24) is 15.5 Å². The molecule has 1 aromatic heterocycles. The highest BCUT2D eigenvalue weighted by Crippen LogP contribution is 2.31. The van der Waals surface area contributed by atoms with Gasteiger partial charge in [-0.2, -0.15) is 0 Å². The van der Waals surface area contributed by atoms with E-state index < -0.39 is 11.8 Å². The minimum Gasteiger partial charge on any atom is -0.337 e. The number of aromatic nitrogens is 2. The Hall–Kier alpha value is -2.55. The number of carbonyl (C=O) groups excluding carboxylic acids is 2. The van der Waals surface area contributed by atoms with Crippen molar-refractivity contribution in [2.24, 2.45) is 0 Å². The maximum atomic E-state index is 13.7. The van der Waals surface area contributed by atoms with Crippen LogP contribution >= 0.6 is 11.3 Å². The molecule has 0 radical (unpaired) electrons. The summed E-state index contributed by atoms with van der Waals surface area (Å²) >= 11 is 1.47. The third kappa shape index (κ3) is 3.85. The number of halogens is 1. The van der Waals surface area contributed by atoms with Crippen LogP contribution in [0.2, 0.25) is 0 Å². The van der Waals surface area contributed by atoms with Crippen LogP contribution in [0.25, 0.3) is 0 Å². The zero-order chi connectivity index (χ0) is 17.1. The summed E-state index contributed by atoms with van der Waals surface area (Å²) in [6, 6.07) is 2.09. The lowest BCUT2D eigenvalue weighted by atomic mass is 10.0. The van der Waals surface area contributed by atoms with Gasteiger partial charge in [-0.3, -0.25) is 4.79 Å². The standard InChI is InChI=1S/C15H16FN5O2S/c1-8-20-21-13(24-8)4-5-17-15(23)18-11-7-10(16)6-9-2-3-12(22)19-14(9)11/h6-7H,2-5H2,1H3,(H,19,22)(H2,17,18,23). The third-order valence-electron chi connectivity index (χ3n) is 3.51. The second-order valence-corrected chi connectivity index (χ2v) is 6.65. The number of nitrogens with one attached hydrogen (secondary N) is 3. The van der Waals surface area contributed by atoms with Gasteiger partial charge in [0.1, 0.15) is 15.8 Å². The Balaban J connectivity index is 1.62. The summed E-state index contributed by atoms with van der Waals surface area (Å²) in [6.45, 7) is 2.24. The molecule has 0 unspecified atom stereocenters. The van der Waals surface area contributed by atoms with Crippen LogP contribution in [0.4, 0.5) is 20.6 Å². The molecule has 1 aliphatic rings. The Kier molecular flexibility index (Phi) is 4.70. The molecule has 0 aliphatic carbocycles. The van der Waals surface area contributed by atoms with Crippen LogP contribution in [0.15, 0.2) is 12.1 Å². The maximum absolute atomic E-state index is 13.7. The van der Waals surface area contributed by atoms with Gasteiger partial charge in [-0.25, -0.2) is 9.18 Å². The van der Waals surface area contributed by atoms with Crippen molar-refractivity contribution in [3.8, 4) is 0 Å². The van der Waals surface area contributed by atoms with Crippen molar-refractivity contribution in [3.05, 3.63) is 33.5 Å². The number of carbonyl (C=O) groups is 2. The SMILES string of the molecule is Cc1nnc(CCNC(=O)Nc2cc(F)cc3c2NC(=O)CC3)s1. The molecule has 2 aromatic rings. The van der Waals surface area contributed by atoms with Gasteiger partial charge >= 0.3 is 6.03 Å². The predicted molar refractivity (Wildman–Crippen MR) is 88.7 cm³/mol. The Morgan fingerprint density at radius 3 is 2.96 bits per heavy atom. The van der Waals surface area contributed by atoms with Crippen LogP contribution in [0.5, 0.6) is 0 Å². The van der Waals surface area contributed by atoms with Crippen molar-refractivity contribution in [1.29, 1.82) is 0 Å². The van der Waals surface area contributed by atoms with Gasteiger partial charge in [0.25, 0.3) is 0 Å². The summed E-state index contributed by atoms with van der Waals surface area (Å²) < 4.78 is 13.7. The number of hydrogen-bond donors (Lipinski definition) is 3. The lowest BCUT2D eigenvalue weighted by Gasteiger charge is -2.20. The molecule has 3 amide bonds. The smallest absolute Gasteiger partial charge is 0.319 e. The van der Waals surface area contributed by atoms with Crippen molar-refractivity contribution in [2.75, 3.05) is 17.2 Å². The van der Waals surface area contributed by atoms with E-state index in [9.17, 15) is 14.0 Å². The number of hydrogen-bond acceptors (Lipinski definition) is 5. The highest BCUT2D eigenvalue weighted by molar-refractivity contribution is 7.11. The summed E-state index contributed by atoms with van der Waals surface area (Å²) in [7, 11) is 0. The van der Waals surface area contributed by atoms with E-state index >= 15 is 0 Å². The molecule has 0 saturated heterocycles. The molecule has 3 N–H and O–H groups in total. The number of aryl methyl sites for hydroxylation is 2. The molecule has 1 aliphatic heterocycles. The minimum absolute atomic E-state index is 0.149. The van der Waals surface area contributed by atoms with E-state index in [1.54, 1.807) is 0 Å². The van der Waals surface area contributed by atoms with Crippen LogP contribution in [-0.2, 0) is 17.6 Å². The first kappa shape index (κ1) is 16.3. The largest absolute Gasteiger partial charge is 0.337 e. The van der Waals surface area contributed by atoms with Crippen molar-refractivity contribution in [3.63, 3.8) is 0 Å². The second-order valence-electron chi connectivity index (χ2n) is 5.38. The molecule has 3 rings (SSSR count). The predicted octanol–water partition coefficient (Wildman–Crippen LogP) is 2.23. The molecule has 7 nitrogen and oxygen atoms in total. The molecular formula is C15H16FN5O2S. The highest BCUT2D eigenvalue weighted by Gasteiger charge is 2.20. The first-order valence-corrected chi connectivity index (χ1v) is 8.29. The first-order valence-electron chi connectivity index (χ1n) is 7.47. The molecule has 24 heavy (non-hydrogen) atoms. The van der Waals surface area contributed by atoms with E-state index in [-0.39, 0.29) is 11.6 Å². The van der Waals surface area contributed by atoms with Crippen LogP contribution in [0, 0.1) is 12.7 Å². The van der Waals surface area contributed by atoms with Crippen LogP contribution < -0.4 is 16.0 Å². The fourth-order valence-electron chi connectivity index (χ4n) is 2.44. The van der Waals surface area contributed by atoms with Gasteiger partial charge in [-0.1, -0.05) is 0 Å². The van der Waals surface area contributed by atoms with Gasteiger partial charge < -0.3 is 16.0 Å². The summed E-state index contributed by atoms with van der Waals surface area (Å²) in [5.41, 5.74) is 1.39. The van der Waals surface area contributed by atoms with Crippen molar-refractivity contribution >= 4 is 34.6 Å². The van der Waals surface area contributed by atoms with Gasteiger partial charge in [-0.15, -0.1) is 21.5 Å². The van der Waals surface area contributed by atoms with Gasteiger partial charge in [0.15, 0.2) is 0 Å². The lowest BCUT2D eigenvalue weighted by molar-refractivity contribution is -0.116. The Morgan fingerprint density at radius 2 is 2.21 bits per heavy atom. The van der Waals surface area contributed by atoms with Crippen LogP contribution in [-0.4, -0.2) is 28.7 Å². The summed E-state index contributed by atoms with van der Waals surface area (Å²) in [5, 5.41) is 17.5. The number of anilines is 2. The number of urea groups is 1. The molecular weight excluding hydrogens is 333 g/mol. The molecule has 0 fully saturated rings. The first-order chi connectivity index (χ1) is 11.5. The van der Waals surface area contributed by atoms with Crippen molar-refractivity contribution < 1.29 is 14.0 Å². The number of fused-ring (bicyclic) bond motifs is 1. The van der Waals surface area contributed by atoms with E-state index in [0.29, 0.717) is 37.1 Å². The maximum Gasteiger partial charge on any atom is 0.319 e. The number of amides is 3. The second kappa shape index (κ2) is 6.91. The van der Waals surface area contributed by atoms with E-state index in [1.165, 1.54) is 23.5 Å². The summed E-state index contributed by atoms with van der Waals surface area (Å²) in [4.78, 5) is 23.5. The third-order valence-corrected chi connectivity index (χ3v) is 4.41. The zero-order valence-electron chi connectivity index (χ0n) is 13.0. The fraction of sp³-hybridized carbons (Fsp3) is 0.333. The monoisotopic (exact) mass is 349 g/mol. The molecule has 0 atom stereocenters. The number of rotatable bonds is 4. The van der Waals surface area contributed by atoms with Gasteiger partial charge in [0.2, 0.25) is 5.91 Å².